The number of ketones is 1. The SMILES string of the molecule is CNCC(=O)C1=CC=CC=CC1. The third-order valence-corrected chi connectivity index (χ3v) is 1.69. The summed E-state index contributed by atoms with van der Waals surface area (Å²) in [5.74, 6) is 0.175. The van der Waals surface area contributed by atoms with Crippen molar-refractivity contribution in [2.45, 2.75) is 6.42 Å². The standard InChI is InChI=1S/C10H13NO/c1-11-8-10(12)9-6-4-2-3-5-7-9/h2-6,11H,7-8H2,1H3. The second-order valence-corrected chi connectivity index (χ2v) is 2.66. The van der Waals surface area contributed by atoms with E-state index in [9.17, 15) is 4.79 Å². The topological polar surface area (TPSA) is 29.1 Å². The zero-order valence-corrected chi connectivity index (χ0v) is 7.21. The van der Waals surface area contributed by atoms with Gasteiger partial charge in [0, 0.05) is 5.57 Å². The lowest BCUT2D eigenvalue weighted by atomic mass is 10.1. The van der Waals surface area contributed by atoms with Crippen molar-refractivity contribution in [1.29, 1.82) is 0 Å². The second kappa shape index (κ2) is 4.67. The summed E-state index contributed by atoms with van der Waals surface area (Å²) in [6.07, 6.45) is 10.4. The zero-order valence-electron chi connectivity index (χ0n) is 7.21. The van der Waals surface area contributed by atoms with E-state index in [0.29, 0.717) is 6.54 Å². The van der Waals surface area contributed by atoms with Crippen molar-refractivity contribution in [1.82, 2.24) is 5.32 Å². The summed E-state index contributed by atoms with van der Waals surface area (Å²) in [5, 5.41) is 2.85. The maximum Gasteiger partial charge on any atom is 0.172 e. The van der Waals surface area contributed by atoms with Crippen molar-refractivity contribution in [3.8, 4) is 0 Å². The molecule has 0 aromatic heterocycles. The van der Waals surface area contributed by atoms with Crippen LogP contribution in [0.1, 0.15) is 6.42 Å². The van der Waals surface area contributed by atoms with Crippen LogP contribution in [0, 0.1) is 0 Å². The summed E-state index contributed by atoms with van der Waals surface area (Å²) in [7, 11) is 1.78. The van der Waals surface area contributed by atoms with Crippen molar-refractivity contribution in [2.24, 2.45) is 0 Å². The van der Waals surface area contributed by atoms with Crippen LogP contribution in [0.3, 0.4) is 0 Å². The lowest BCUT2D eigenvalue weighted by Crippen LogP contribution is -2.19. The molecule has 0 amide bonds. The average Bonchev–Trinajstić information content (AvgIpc) is 2.32. The number of allylic oxidation sites excluding steroid dienone is 5. The molecule has 0 aromatic carbocycles. The number of hydrogen-bond acceptors (Lipinski definition) is 2. The minimum atomic E-state index is 0.175. The van der Waals surface area contributed by atoms with Gasteiger partial charge in [-0.1, -0.05) is 30.4 Å². The van der Waals surface area contributed by atoms with E-state index in [-0.39, 0.29) is 5.78 Å². The number of nitrogens with one attached hydrogen (secondary N) is 1. The number of carbonyl (C=O) groups is 1. The Kier molecular flexibility index (Phi) is 3.48. The molecule has 0 radical (unpaired) electrons. The van der Waals surface area contributed by atoms with Crippen molar-refractivity contribution < 1.29 is 4.79 Å². The van der Waals surface area contributed by atoms with Crippen LogP contribution in [0.2, 0.25) is 0 Å². The Bertz CT molecular complexity index is 249. The Labute approximate surface area is 72.7 Å². The minimum absolute atomic E-state index is 0.175. The van der Waals surface area contributed by atoms with Gasteiger partial charge < -0.3 is 5.32 Å². The highest BCUT2D eigenvalue weighted by Crippen LogP contribution is 2.07. The van der Waals surface area contributed by atoms with E-state index in [1.165, 1.54) is 0 Å². The van der Waals surface area contributed by atoms with Crippen LogP contribution in [0.4, 0.5) is 0 Å². The van der Waals surface area contributed by atoms with Crippen LogP contribution >= 0.6 is 0 Å². The molecule has 0 fully saturated rings. The molecule has 1 rings (SSSR count). The highest BCUT2D eigenvalue weighted by Gasteiger charge is 2.05. The molecule has 0 spiro atoms. The Hall–Kier alpha value is -1.15. The summed E-state index contributed by atoms with van der Waals surface area (Å²) < 4.78 is 0. The lowest BCUT2D eigenvalue weighted by molar-refractivity contribution is -0.114. The largest absolute Gasteiger partial charge is 0.313 e. The van der Waals surface area contributed by atoms with Crippen molar-refractivity contribution in [2.75, 3.05) is 13.6 Å². The summed E-state index contributed by atoms with van der Waals surface area (Å²) in [4.78, 5) is 11.4. The van der Waals surface area contributed by atoms with E-state index in [1.54, 1.807) is 7.05 Å². The van der Waals surface area contributed by atoms with Gasteiger partial charge in [0.25, 0.3) is 0 Å². The smallest absolute Gasteiger partial charge is 0.172 e. The van der Waals surface area contributed by atoms with Gasteiger partial charge in [-0.15, -0.1) is 0 Å². The van der Waals surface area contributed by atoms with Crippen molar-refractivity contribution in [3.63, 3.8) is 0 Å². The Balaban J connectivity index is 2.62. The number of likely N-dealkylation sites (N-methyl/N-ethyl adjacent to an activating group) is 1. The fourth-order valence-electron chi connectivity index (χ4n) is 1.06. The lowest BCUT2D eigenvalue weighted by Gasteiger charge is -2.00. The van der Waals surface area contributed by atoms with Crippen LogP contribution in [0.25, 0.3) is 0 Å². The average molecular weight is 163 g/mol. The number of Topliss-reactive ketones (excluding diaryl/α,β-unsaturated/α-hetero) is 1. The van der Waals surface area contributed by atoms with Gasteiger partial charge in [0.15, 0.2) is 5.78 Å². The summed E-state index contributed by atoms with van der Waals surface area (Å²) in [5.41, 5.74) is 0.870. The first-order valence-corrected chi connectivity index (χ1v) is 4.05. The molecule has 1 aliphatic rings. The Morgan fingerprint density at radius 1 is 1.50 bits per heavy atom. The molecular formula is C10H13NO. The van der Waals surface area contributed by atoms with Gasteiger partial charge in [0.05, 0.1) is 6.54 Å². The highest BCUT2D eigenvalue weighted by atomic mass is 16.1. The van der Waals surface area contributed by atoms with Gasteiger partial charge in [0.2, 0.25) is 0 Å². The van der Waals surface area contributed by atoms with Gasteiger partial charge in [0.1, 0.15) is 0 Å². The quantitative estimate of drug-likeness (QED) is 0.677. The fourth-order valence-corrected chi connectivity index (χ4v) is 1.06. The molecule has 0 saturated carbocycles. The summed E-state index contributed by atoms with van der Waals surface area (Å²) in [6, 6.07) is 0. The van der Waals surface area contributed by atoms with Gasteiger partial charge in [-0.2, -0.15) is 0 Å². The number of carbonyl (C=O) groups excluding carboxylic acids is 1. The zero-order chi connectivity index (χ0) is 8.81. The molecule has 1 aliphatic carbocycles. The van der Waals surface area contributed by atoms with E-state index in [0.717, 1.165) is 12.0 Å². The van der Waals surface area contributed by atoms with E-state index in [4.69, 9.17) is 0 Å². The Morgan fingerprint density at radius 2 is 2.33 bits per heavy atom. The minimum Gasteiger partial charge on any atom is -0.313 e. The fraction of sp³-hybridized carbons (Fsp3) is 0.300. The first-order chi connectivity index (χ1) is 5.84. The van der Waals surface area contributed by atoms with Crippen LogP contribution in [0.5, 0.6) is 0 Å². The third-order valence-electron chi connectivity index (χ3n) is 1.69. The predicted molar refractivity (Wildman–Crippen MR) is 49.9 cm³/mol. The molecule has 0 atom stereocenters. The van der Waals surface area contributed by atoms with E-state index < -0.39 is 0 Å². The molecule has 0 unspecified atom stereocenters. The second-order valence-electron chi connectivity index (χ2n) is 2.66. The first kappa shape index (κ1) is 8.94. The van der Waals surface area contributed by atoms with Crippen molar-refractivity contribution in [3.05, 3.63) is 36.0 Å². The molecule has 0 saturated heterocycles. The van der Waals surface area contributed by atoms with Gasteiger partial charge in [-0.05, 0) is 13.5 Å². The van der Waals surface area contributed by atoms with Gasteiger partial charge in [-0.25, -0.2) is 0 Å². The number of hydrogen-bond donors (Lipinski definition) is 1. The molecule has 1 N–H and O–H groups in total. The molecular weight excluding hydrogens is 150 g/mol. The molecule has 2 heteroatoms. The number of rotatable bonds is 3. The Morgan fingerprint density at radius 3 is 3.08 bits per heavy atom. The molecule has 0 aliphatic heterocycles. The molecule has 64 valence electrons. The molecule has 0 heterocycles. The maximum absolute atomic E-state index is 11.4. The van der Waals surface area contributed by atoms with Gasteiger partial charge in [-0.3, -0.25) is 4.79 Å². The van der Waals surface area contributed by atoms with Crippen LogP contribution < -0.4 is 5.32 Å². The normalized spacial score (nSPS) is 15.6. The first-order valence-electron chi connectivity index (χ1n) is 4.05. The van der Waals surface area contributed by atoms with E-state index in [1.807, 2.05) is 30.4 Å². The van der Waals surface area contributed by atoms with Crippen molar-refractivity contribution >= 4 is 5.78 Å². The molecule has 2 nitrogen and oxygen atoms in total. The van der Waals surface area contributed by atoms with Crippen LogP contribution in [-0.4, -0.2) is 19.4 Å². The summed E-state index contributed by atoms with van der Waals surface area (Å²) in [6.45, 7) is 0.424. The van der Waals surface area contributed by atoms with E-state index >= 15 is 0 Å². The predicted octanol–water partition coefficient (Wildman–Crippen LogP) is 1.22. The van der Waals surface area contributed by atoms with Crippen LogP contribution in [0.15, 0.2) is 36.0 Å². The van der Waals surface area contributed by atoms with Crippen LogP contribution in [-0.2, 0) is 4.79 Å². The third kappa shape index (κ3) is 2.47. The van der Waals surface area contributed by atoms with E-state index in [2.05, 4.69) is 5.32 Å². The molecule has 12 heavy (non-hydrogen) atoms. The molecule has 0 aromatic rings. The highest BCUT2D eigenvalue weighted by molar-refractivity contribution is 5.97. The summed E-state index contributed by atoms with van der Waals surface area (Å²) >= 11 is 0. The monoisotopic (exact) mass is 163 g/mol. The maximum atomic E-state index is 11.4. The molecule has 0 bridgehead atoms. The van der Waals surface area contributed by atoms with Gasteiger partial charge >= 0.3 is 0 Å².